The third kappa shape index (κ3) is 3.21. The Morgan fingerprint density at radius 3 is 2.79 bits per heavy atom. The van der Waals surface area contributed by atoms with Gasteiger partial charge in [0.15, 0.2) is 0 Å². The fourth-order valence-electron chi connectivity index (χ4n) is 1.71. The van der Waals surface area contributed by atoms with Gasteiger partial charge in [0.25, 0.3) is 0 Å². The predicted octanol–water partition coefficient (Wildman–Crippen LogP) is 0.861. The summed E-state index contributed by atoms with van der Waals surface area (Å²) in [7, 11) is 0. The van der Waals surface area contributed by atoms with Gasteiger partial charge in [-0.1, -0.05) is 6.92 Å². The zero-order chi connectivity index (χ0) is 10.6. The van der Waals surface area contributed by atoms with E-state index in [0.29, 0.717) is 5.25 Å². The fraction of sp³-hybridized carbons (Fsp3) is 0.778. The van der Waals surface area contributed by atoms with Gasteiger partial charge in [0.2, 0.25) is 0 Å². The third-order valence-electron chi connectivity index (χ3n) is 2.32. The first kappa shape index (κ1) is 11.4. The Morgan fingerprint density at radius 2 is 2.21 bits per heavy atom. The van der Waals surface area contributed by atoms with Crippen molar-refractivity contribution in [2.75, 3.05) is 5.75 Å². The van der Waals surface area contributed by atoms with Gasteiger partial charge in [0, 0.05) is 11.3 Å². The van der Waals surface area contributed by atoms with E-state index in [2.05, 4.69) is 12.2 Å². The number of hydrogen-bond donors (Lipinski definition) is 2. The molecule has 14 heavy (non-hydrogen) atoms. The maximum atomic E-state index is 10.8. The van der Waals surface area contributed by atoms with E-state index >= 15 is 0 Å². The van der Waals surface area contributed by atoms with Gasteiger partial charge in [-0.25, -0.2) is 4.79 Å². The smallest absolute Gasteiger partial charge is 0.394 e. The molecule has 0 aromatic heterocycles. The molecule has 1 saturated carbocycles. The second-order valence-corrected chi connectivity index (χ2v) is 4.94. The minimum Gasteiger partial charge on any atom is -0.474 e. The monoisotopic (exact) mass is 217 g/mol. The van der Waals surface area contributed by atoms with Gasteiger partial charge >= 0.3 is 11.9 Å². The molecule has 1 fully saturated rings. The Kier molecular flexibility index (Phi) is 4.25. The summed E-state index contributed by atoms with van der Waals surface area (Å²) in [5, 5.41) is 11.5. The highest BCUT2D eigenvalue weighted by Crippen LogP contribution is 2.29. The van der Waals surface area contributed by atoms with Crippen molar-refractivity contribution >= 4 is 23.6 Å². The van der Waals surface area contributed by atoms with Gasteiger partial charge in [-0.15, -0.1) is 0 Å². The minimum atomic E-state index is -1.39. The van der Waals surface area contributed by atoms with Crippen LogP contribution in [0.2, 0.25) is 0 Å². The van der Waals surface area contributed by atoms with Crippen LogP contribution in [0.5, 0.6) is 0 Å². The summed E-state index contributed by atoms with van der Waals surface area (Å²) in [6, 6.07) is 0.0580. The molecule has 0 radical (unpaired) electrons. The number of carboxylic acid groups (broad SMARTS) is 1. The molecule has 0 aliphatic heterocycles. The number of amides is 1. The standard InChI is InChI=1S/C9H15NO3S/c1-2-14-7-4-3-6(5-7)10-8(11)9(12)13/h6-7H,2-5H2,1H3,(H,10,11)(H,12,13). The molecule has 2 unspecified atom stereocenters. The summed E-state index contributed by atoms with van der Waals surface area (Å²) < 4.78 is 0. The number of rotatable bonds is 3. The van der Waals surface area contributed by atoms with Crippen molar-refractivity contribution < 1.29 is 14.7 Å². The summed E-state index contributed by atoms with van der Waals surface area (Å²) in [4.78, 5) is 21.1. The normalized spacial score (nSPS) is 26.1. The first-order chi connectivity index (χ1) is 6.63. The van der Waals surface area contributed by atoms with Gasteiger partial charge in [-0.05, 0) is 25.0 Å². The topological polar surface area (TPSA) is 66.4 Å². The van der Waals surface area contributed by atoms with Gasteiger partial charge in [0.05, 0.1) is 0 Å². The quantitative estimate of drug-likeness (QED) is 0.688. The van der Waals surface area contributed by atoms with E-state index in [0.717, 1.165) is 25.0 Å². The second kappa shape index (κ2) is 5.24. The number of carbonyl (C=O) groups excluding carboxylic acids is 1. The van der Waals surface area contributed by atoms with Crippen LogP contribution < -0.4 is 5.32 Å². The summed E-state index contributed by atoms with van der Waals surface area (Å²) in [5.41, 5.74) is 0. The number of thioether (sulfide) groups is 1. The number of nitrogens with one attached hydrogen (secondary N) is 1. The average Bonchev–Trinajstić information content (AvgIpc) is 2.53. The molecule has 5 heteroatoms. The van der Waals surface area contributed by atoms with Crippen LogP contribution >= 0.6 is 11.8 Å². The van der Waals surface area contributed by atoms with Gasteiger partial charge in [0.1, 0.15) is 0 Å². The molecule has 0 aromatic rings. The van der Waals surface area contributed by atoms with E-state index in [9.17, 15) is 9.59 Å². The fourth-order valence-corrected chi connectivity index (χ4v) is 2.85. The molecule has 1 rings (SSSR count). The van der Waals surface area contributed by atoms with Gasteiger partial charge in [-0.2, -0.15) is 11.8 Å². The molecule has 2 N–H and O–H groups in total. The summed E-state index contributed by atoms with van der Waals surface area (Å²) >= 11 is 1.88. The average molecular weight is 217 g/mol. The van der Waals surface area contributed by atoms with Crippen molar-refractivity contribution in [1.82, 2.24) is 5.32 Å². The Bertz CT molecular complexity index is 232. The Morgan fingerprint density at radius 1 is 1.50 bits per heavy atom. The van der Waals surface area contributed by atoms with Gasteiger partial charge < -0.3 is 10.4 Å². The van der Waals surface area contributed by atoms with Crippen LogP contribution in [0.3, 0.4) is 0 Å². The molecule has 1 aliphatic rings. The predicted molar refractivity (Wildman–Crippen MR) is 55.3 cm³/mol. The highest BCUT2D eigenvalue weighted by atomic mass is 32.2. The first-order valence-electron chi connectivity index (χ1n) is 4.79. The van der Waals surface area contributed by atoms with E-state index in [4.69, 9.17) is 5.11 Å². The lowest BCUT2D eigenvalue weighted by Gasteiger charge is -2.10. The third-order valence-corrected chi connectivity index (χ3v) is 3.55. The first-order valence-corrected chi connectivity index (χ1v) is 5.83. The minimum absolute atomic E-state index is 0.0580. The molecule has 80 valence electrons. The van der Waals surface area contributed by atoms with E-state index in [1.165, 1.54) is 0 Å². The Hall–Kier alpha value is -0.710. The zero-order valence-corrected chi connectivity index (χ0v) is 8.97. The summed E-state index contributed by atoms with van der Waals surface area (Å²) in [6.45, 7) is 2.10. The largest absolute Gasteiger partial charge is 0.474 e. The van der Waals surface area contributed by atoms with E-state index < -0.39 is 11.9 Å². The number of aliphatic carboxylic acids is 1. The highest BCUT2D eigenvalue weighted by Gasteiger charge is 2.27. The van der Waals surface area contributed by atoms with Crippen molar-refractivity contribution in [1.29, 1.82) is 0 Å². The molecule has 0 saturated heterocycles. The van der Waals surface area contributed by atoms with Crippen LogP contribution in [0.25, 0.3) is 0 Å². The highest BCUT2D eigenvalue weighted by molar-refractivity contribution is 7.99. The van der Waals surface area contributed by atoms with Crippen LogP contribution in [0, 0.1) is 0 Å². The lowest BCUT2D eigenvalue weighted by atomic mass is 10.2. The zero-order valence-electron chi connectivity index (χ0n) is 8.16. The molecule has 0 aromatic carbocycles. The van der Waals surface area contributed by atoms with Crippen LogP contribution in [0.4, 0.5) is 0 Å². The van der Waals surface area contributed by atoms with Crippen molar-refractivity contribution in [2.45, 2.75) is 37.5 Å². The molecule has 2 atom stereocenters. The van der Waals surface area contributed by atoms with Crippen molar-refractivity contribution in [2.24, 2.45) is 0 Å². The van der Waals surface area contributed by atoms with Crippen molar-refractivity contribution in [3.8, 4) is 0 Å². The lowest BCUT2D eigenvalue weighted by molar-refractivity contribution is -0.150. The molecule has 0 bridgehead atoms. The van der Waals surface area contributed by atoms with Crippen LogP contribution in [0.1, 0.15) is 26.2 Å². The van der Waals surface area contributed by atoms with E-state index in [1.807, 2.05) is 11.8 Å². The van der Waals surface area contributed by atoms with E-state index in [1.54, 1.807) is 0 Å². The Balaban J connectivity index is 2.28. The molecular formula is C9H15NO3S. The number of hydrogen-bond acceptors (Lipinski definition) is 3. The van der Waals surface area contributed by atoms with E-state index in [-0.39, 0.29) is 6.04 Å². The van der Waals surface area contributed by atoms with Crippen LogP contribution in [-0.4, -0.2) is 34.0 Å². The molecule has 4 nitrogen and oxygen atoms in total. The van der Waals surface area contributed by atoms with Crippen LogP contribution in [0.15, 0.2) is 0 Å². The molecule has 0 heterocycles. The number of carbonyl (C=O) groups is 2. The molecule has 1 aliphatic carbocycles. The van der Waals surface area contributed by atoms with Gasteiger partial charge in [-0.3, -0.25) is 4.79 Å². The maximum absolute atomic E-state index is 10.8. The van der Waals surface area contributed by atoms with Crippen molar-refractivity contribution in [3.05, 3.63) is 0 Å². The van der Waals surface area contributed by atoms with Crippen LogP contribution in [-0.2, 0) is 9.59 Å². The van der Waals surface area contributed by atoms with Crippen molar-refractivity contribution in [3.63, 3.8) is 0 Å². The number of carboxylic acids is 1. The molecule has 1 amide bonds. The summed E-state index contributed by atoms with van der Waals surface area (Å²) in [5.74, 6) is -1.20. The maximum Gasteiger partial charge on any atom is 0.394 e. The Labute approximate surface area is 87.4 Å². The molecular weight excluding hydrogens is 202 g/mol. The summed E-state index contributed by atoms with van der Waals surface area (Å²) in [6.07, 6.45) is 2.87. The molecule has 0 spiro atoms. The second-order valence-electron chi connectivity index (χ2n) is 3.37. The lowest BCUT2D eigenvalue weighted by Crippen LogP contribution is -2.37. The SMILES string of the molecule is CCSC1CCC(NC(=O)C(=O)O)C1.